The normalized spacial score (nSPS) is 12.3. The first kappa shape index (κ1) is 13.5. The van der Waals surface area contributed by atoms with Gasteiger partial charge >= 0.3 is 0 Å². The lowest BCUT2D eigenvalue weighted by atomic mass is 9.96. The van der Waals surface area contributed by atoms with E-state index in [1.807, 2.05) is 36.4 Å². The number of nitrogens with two attached hydrogens (primary N) is 1. The number of nitrogens with zero attached hydrogens (tertiary/aromatic N) is 2. The van der Waals surface area contributed by atoms with E-state index in [2.05, 4.69) is 15.4 Å². The van der Waals surface area contributed by atoms with E-state index in [-0.39, 0.29) is 6.04 Å². The standard InChI is InChI=1S/C16H16N4O/c1-21-15-10-18-9-7-13(15)16(20-17)12-4-2-6-14-11(12)5-3-8-19-14/h2-10,16,20H,17H2,1H3. The minimum absolute atomic E-state index is 0.198. The maximum absolute atomic E-state index is 5.81. The van der Waals surface area contributed by atoms with Gasteiger partial charge in [0.05, 0.1) is 24.9 Å². The molecule has 0 bridgehead atoms. The summed E-state index contributed by atoms with van der Waals surface area (Å²) in [5, 5.41) is 1.06. The number of hydrogen-bond donors (Lipinski definition) is 2. The van der Waals surface area contributed by atoms with Crippen molar-refractivity contribution in [1.29, 1.82) is 0 Å². The van der Waals surface area contributed by atoms with Crippen LogP contribution in [-0.2, 0) is 0 Å². The second-order valence-electron chi connectivity index (χ2n) is 4.63. The zero-order valence-corrected chi connectivity index (χ0v) is 11.7. The van der Waals surface area contributed by atoms with Crippen LogP contribution in [0.5, 0.6) is 5.75 Å². The zero-order chi connectivity index (χ0) is 14.7. The fraction of sp³-hybridized carbons (Fsp3) is 0.125. The van der Waals surface area contributed by atoms with E-state index in [1.165, 1.54) is 0 Å². The average Bonchev–Trinajstić information content (AvgIpc) is 2.56. The molecule has 0 aliphatic carbocycles. The Kier molecular flexibility index (Phi) is 3.77. The van der Waals surface area contributed by atoms with Crippen molar-refractivity contribution in [3.05, 3.63) is 66.1 Å². The molecule has 3 N–H and O–H groups in total. The molecule has 0 amide bonds. The van der Waals surface area contributed by atoms with Gasteiger partial charge < -0.3 is 4.74 Å². The molecule has 0 saturated carbocycles. The van der Waals surface area contributed by atoms with E-state index in [0.717, 1.165) is 22.0 Å². The van der Waals surface area contributed by atoms with Crippen molar-refractivity contribution in [2.45, 2.75) is 6.04 Å². The van der Waals surface area contributed by atoms with Crippen LogP contribution in [0.25, 0.3) is 10.9 Å². The number of benzene rings is 1. The van der Waals surface area contributed by atoms with Crippen LogP contribution < -0.4 is 16.0 Å². The molecule has 0 spiro atoms. The predicted molar refractivity (Wildman–Crippen MR) is 81.7 cm³/mol. The van der Waals surface area contributed by atoms with Crippen LogP contribution >= 0.6 is 0 Å². The number of ether oxygens (including phenoxy) is 1. The number of aromatic nitrogens is 2. The predicted octanol–water partition coefficient (Wildman–Crippen LogP) is 2.19. The van der Waals surface area contributed by atoms with Gasteiger partial charge in [-0.25, -0.2) is 5.43 Å². The van der Waals surface area contributed by atoms with E-state index in [1.54, 1.807) is 25.7 Å². The van der Waals surface area contributed by atoms with Gasteiger partial charge in [-0.3, -0.25) is 15.8 Å². The molecule has 0 aliphatic heterocycles. The Morgan fingerprint density at radius 1 is 1.10 bits per heavy atom. The van der Waals surface area contributed by atoms with Gasteiger partial charge in [0.2, 0.25) is 0 Å². The first-order valence-electron chi connectivity index (χ1n) is 6.63. The molecule has 1 aromatic carbocycles. The Morgan fingerprint density at radius 2 is 2.00 bits per heavy atom. The monoisotopic (exact) mass is 280 g/mol. The number of methoxy groups -OCH3 is 1. The van der Waals surface area contributed by atoms with Crippen LogP contribution in [0.2, 0.25) is 0 Å². The largest absolute Gasteiger partial charge is 0.495 e. The fourth-order valence-corrected chi connectivity index (χ4v) is 2.53. The molecule has 1 atom stereocenters. The average molecular weight is 280 g/mol. The summed E-state index contributed by atoms with van der Waals surface area (Å²) in [5.41, 5.74) is 5.78. The second kappa shape index (κ2) is 5.87. The molecule has 5 heteroatoms. The van der Waals surface area contributed by atoms with Gasteiger partial charge in [-0.2, -0.15) is 0 Å². The number of fused-ring (bicyclic) bond motifs is 1. The smallest absolute Gasteiger partial charge is 0.142 e. The quantitative estimate of drug-likeness (QED) is 0.566. The third-order valence-corrected chi connectivity index (χ3v) is 3.50. The van der Waals surface area contributed by atoms with Crippen molar-refractivity contribution in [1.82, 2.24) is 15.4 Å². The topological polar surface area (TPSA) is 73.1 Å². The van der Waals surface area contributed by atoms with E-state index >= 15 is 0 Å². The first-order valence-corrected chi connectivity index (χ1v) is 6.63. The van der Waals surface area contributed by atoms with Gasteiger partial charge in [0.25, 0.3) is 0 Å². The van der Waals surface area contributed by atoms with E-state index < -0.39 is 0 Å². The summed E-state index contributed by atoms with van der Waals surface area (Å²) >= 11 is 0. The molecule has 3 aromatic rings. The molecule has 0 aliphatic rings. The Bertz CT molecular complexity index is 755. The van der Waals surface area contributed by atoms with Crippen molar-refractivity contribution in [2.24, 2.45) is 5.84 Å². The highest BCUT2D eigenvalue weighted by Crippen LogP contribution is 2.32. The fourth-order valence-electron chi connectivity index (χ4n) is 2.53. The third-order valence-electron chi connectivity index (χ3n) is 3.50. The molecule has 0 saturated heterocycles. The number of hydrazine groups is 1. The van der Waals surface area contributed by atoms with Gasteiger partial charge in [0, 0.05) is 23.3 Å². The van der Waals surface area contributed by atoms with Crippen molar-refractivity contribution in [3.8, 4) is 5.75 Å². The second-order valence-corrected chi connectivity index (χ2v) is 4.63. The van der Waals surface area contributed by atoms with Crippen LogP contribution in [0.1, 0.15) is 17.2 Å². The van der Waals surface area contributed by atoms with Crippen LogP contribution in [0.3, 0.4) is 0 Å². The minimum atomic E-state index is -0.198. The van der Waals surface area contributed by atoms with Gasteiger partial charge in [-0.1, -0.05) is 18.2 Å². The lowest BCUT2D eigenvalue weighted by molar-refractivity contribution is 0.402. The zero-order valence-electron chi connectivity index (χ0n) is 11.7. The molecule has 2 heterocycles. The summed E-state index contributed by atoms with van der Waals surface area (Å²) in [4.78, 5) is 8.47. The molecule has 0 radical (unpaired) electrons. The highest BCUT2D eigenvalue weighted by atomic mass is 16.5. The van der Waals surface area contributed by atoms with E-state index in [4.69, 9.17) is 10.6 Å². The Balaban J connectivity index is 2.19. The molecule has 106 valence electrons. The van der Waals surface area contributed by atoms with Gasteiger partial charge in [0.15, 0.2) is 0 Å². The Hall–Kier alpha value is -2.50. The molecule has 0 fully saturated rings. The number of hydrogen-bond acceptors (Lipinski definition) is 5. The molecular weight excluding hydrogens is 264 g/mol. The molecule has 21 heavy (non-hydrogen) atoms. The third kappa shape index (κ3) is 2.44. The number of rotatable bonds is 4. The molecular formula is C16H16N4O. The van der Waals surface area contributed by atoms with Crippen molar-refractivity contribution < 1.29 is 4.74 Å². The Morgan fingerprint density at radius 3 is 2.81 bits per heavy atom. The summed E-state index contributed by atoms with van der Waals surface area (Å²) in [6.45, 7) is 0. The van der Waals surface area contributed by atoms with Gasteiger partial charge in [0.1, 0.15) is 5.75 Å². The number of pyridine rings is 2. The van der Waals surface area contributed by atoms with Crippen LogP contribution in [-0.4, -0.2) is 17.1 Å². The molecule has 5 nitrogen and oxygen atoms in total. The van der Waals surface area contributed by atoms with Gasteiger partial charge in [-0.15, -0.1) is 0 Å². The van der Waals surface area contributed by atoms with E-state index in [9.17, 15) is 0 Å². The molecule has 2 aromatic heterocycles. The highest BCUT2D eigenvalue weighted by molar-refractivity contribution is 5.83. The van der Waals surface area contributed by atoms with E-state index in [0.29, 0.717) is 5.75 Å². The van der Waals surface area contributed by atoms with Crippen molar-refractivity contribution in [2.75, 3.05) is 7.11 Å². The molecule has 3 rings (SSSR count). The minimum Gasteiger partial charge on any atom is -0.495 e. The summed E-state index contributed by atoms with van der Waals surface area (Å²) in [6, 6.07) is 11.7. The lowest BCUT2D eigenvalue weighted by Crippen LogP contribution is -2.29. The van der Waals surface area contributed by atoms with Crippen LogP contribution in [0.15, 0.2) is 55.0 Å². The summed E-state index contributed by atoms with van der Waals surface area (Å²) in [6.07, 6.45) is 5.19. The summed E-state index contributed by atoms with van der Waals surface area (Å²) in [5.74, 6) is 6.50. The Labute approximate surface area is 122 Å². The van der Waals surface area contributed by atoms with Crippen molar-refractivity contribution >= 4 is 10.9 Å². The van der Waals surface area contributed by atoms with Crippen molar-refractivity contribution in [3.63, 3.8) is 0 Å². The summed E-state index contributed by atoms with van der Waals surface area (Å²) in [7, 11) is 1.62. The molecule has 1 unspecified atom stereocenters. The summed E-state index contributed by atoms with van der Waals surface area (Å²) < 4.78 is 5.39. The van der Waals surface area contributed by atoms with Crippen LogP contribution in [0, 0.1) is 0 Å². The SMILES string of the molecule is COc1cnccc1C(NN)c1cccc2ncccc12. The highest BCUT2D eigenvalue weighted by Gasteiger charge is 2.19. The maximum atomic E-state index is 5.81. The first-order chi connectivity index (χ1) is 10.3. The number of nitrogens with one attached hydrogen (secondary N) is 1. The maximum Gasteiger partial charge on any atom is 0.142 e. The lowest BCUT2D eigenvalue weighted by Gasteiger charge is -2.20. The van der Waals surface area contributed by atoms with Crippen LogP contribution in [0.4, 0.5) is 0 Å². The van der Waals surface area contributed by atoms with Gasteiger partial charge in [-0.05, 0) is 23.8 Å².